The van der Waals surface area contributed by atoms with Crippen LogP contribution in [-0.2, 0) is 0 Å². The first kappa shape index (κ1) is 13.9. The summed E-state index contributed by atoms with van der Waals surface area (Å²) in [5.74, 6) is 1.76. The topological polar surface area (TPSA) is 35.8 Å². The molecule has 19 heavy (non-hydrogen) atoms. The Kier molecular flexibility index (Phi) is 4.85. The summed E-state index contributed by atoms with van der Waals surface area (Å²) in [7, 11) is 0. The minimum Gasteiger partial charge on any atom is -0.384 e. The van der Waals surface area contributed by atoms with Crippen LogP contribution in [0, 0.1) is 30.1 Å². The number of rotatable bonds is 4. The Morgan fingerprint density at radius 1 is 1.37 bits per heavy atom. The van der Waals surface area contributed by atoms with E-state index in [2.05, 4.69) is 31.3 Å². The van der Waals surface area contributed by atoms with Crippen molar-refractivity contribution < 1.29 is 0 Å². The molecule has 2 rings (SSSR count). The van der Waals surface area contributed by atoms with E-state index >= 15 is 0 Å². The summed E-state index contributed by atoms with van der Waals surface area (Å²) in [5, 5.41) is 12.6. The highest BCUT2D eigenvalue weighted by atomic mass is 14.9. The summed E-state index contributed by atoms with van der Waals surface area (Å²) < 4.78 is 0. The zero-order valence-electron chi connectivity index (χ0n) is 12.1. The molecule has 0 saturated heterocycles. The molecule has 1 saturated carbocycles. The molecule has 2 atom stereocenters. The van der Waals surface area contributed by atoms with E-state index in [9.17, 15) is 0 Å². The summed E-state index contributed by atoms with van der Waals surface area (Å²) in [6.07, 6.45) is 6.77. The van der Waals surface area contributed by atoms with E-state index in [1.807, 2.05) is 12.1 Å². The number of hydrogen-bond acceptors (Lipinski definition) is 2. The maximum absolute atomic E-state index is 9.14. The Morgan fingerprint density at radius 2 is 2.21 bits per heavy atom. The number of nitrogens with one attached hydrogen (secondary N) is 1. The predicted molar refractivity (Wildman–Crippen MR) is 80.1 cm³/mol. The molecule has 1 aliphatic rings. The second-order valence-electron chi connectivity index (χ2n) is 5.96. The quantitative estimate of drug-likeness (QED) is 0.861. The van der Waals surface area contributed by atoms with Crippen molar-refractivity contribution in [2.24, 2.45) is 11.8 Å². The zero-order valence-corrected chi connectivity index (χ0v) is 12.1. The van der Waals surface area contributed by atoms with Crippen molar-refractivity contribution in [3.05, 3.63) is 29.3 Å². The predicted octanol–water partition coefficient (Wildman–Crippen LogP) is 4.50. The van der Waals surface area contributed by atoms with Crippen LogP contribution in [0.4, 0.5) is 5.69 Å². The molecular formula is C17H24N2. The van der Waals surface area contributed by atoms with Gasteiger partial charge in [-0.05, 0) is 43.2 Å². The van der Waals surface area contributed by atoms with Crippen molar-refractivity contribution >= 4 is 5.69 Å². The molecule has 1 aromatic rings. The van der Waals surface area contributed by atoms with Crippen molar-refractivity contribution in [3.63, 3.8) is 0 Å². The van der Waals surface area contributed by atoms with Gasteiger partial charge in [0.25, 0.3) is 0 Å². The summed E-state index contributed by atoms with van der Waals surface area (Å²) in [4.78, 5) is 0. The average molecular weight is 256 g/mol. The van der Waals surface area contributed by atoms with Crippen LogP contribution < -0.4 is 5.32 Å². The fraction of sp³-hybridized carbons (Fsp3) is 0.588. The highest BCUT2D eigenvalue weighted by Gasteiger charge is 2.18. The monoisotopic (exact) mass is 256 g/mol. The molecule has 2 nitrogen and oxygen atoms in total. The third-order valence-electron chi connectivity index (χ3n) is 4.29. The van der Waals surface area contributed by atoms with Crippen molar-refractivity contribution in [2.75, 3.05) is 11.9 Å². The fourth-order valence-corrected chi connectivity index (χ4v) is 3.22. The third kappa shape index (κ3) is 3.73. The van der Waals surface area contributed by atoms with Gasteiger partial charge in [-0.2, -0.15) is 5.26 Å². The van der Waals surface area contributed by atoms with E-state index in [0.29, 0.717) is 0 Å². The summed E-state index contributed by atoms with van der Waals surface area (Å²) in [5.41, 5.74) is 2.95. The Balaban J connectivity index is 1.87. The molecule has 1 N–H and O–H groups in total. The van der Waals surface area contributed by atoms with E-state index < -0.39 is 0 Å². The standard InChI is InChI=1S/C17H24N2/c1-13-5-3-7-15(11-13)9-10-19-17-14(2)6-4-8-16(17)12-18/h4,6,8,13,15,19H,3,5,7,9-11H2,1-2H3. The van der Waals surface area contributed by atoms with Crippen LogP contribution in [0.1, 0.15) is 50.2 Å². The number of nitrogens with zero attached hydrogens (tertiary/aromatic N) is 1. The molecule has 1 aromatic carbocycles. The second kappa shape index (κ2) is 6.61. The minimum absolute atomic E-state index is 0.761. The first-order valence-corrected chi connectivity index (χ1v) is 7.44. The maximum atomic E-state index is 9.14. The summed E-state index contributed by atoms with van der Waals surface area (Å²) in [6, 6.07) is 8.16. The number of anilines is 1. The van der Waals surface area contributed by atoms with E-state index in [0.717, 1.165) is 35.2 Å². The highest BCUT2D eigenvalue weighted by molar-refractivity contribution is 5.62. The van der Waals surface area contributed by atoms with Gasteiger partial charge in [0, 0.05) is 6.54 Å². The number of para-hydroxylation sites is 1. The van der Waals surface area contributed by atoms with Crippen LogP contribution in [0.2, 0.25) is 0 Å². The van der Waals surface area contributed by atoms with Gasteiger partial charge < -0.3 is 5.32 Å². The number of nitriles is 1. The normalized spacial score (nSPS) is 22.8. The van der Waals surface area contributed by atoms with Gasteiger partial charge in [0.2, 0.25) is 0 Å². The van der Waals surface area contributed by atoms with Crippen LogP contribution in [0.3, 0.4) is 0 Å². The van der Waals surface area contributed by atoms with Crippen LogP contribution in [0.5, 0.6) is 0 Å². The van der Waals surface area contributed by atoms with Gasteiger partial charge in [-0.3, -0.25) is 0 Å². The lowest BCUT2D eigenvalue weighted by Crippen LogP contribution is -2.17. The Bertz CT molecular complexity index is 459. The lowest BCUT2D eigenvalue weighted by atomic mass is 9.81. The number of benzene rings is 1. The molecule has 0 amide bonds. The maximum Gasteiger partial charge on any atom is 0.101 e. The Morgan fingerprint density at radius 3 is 2.95 bits per heavy atom. The highest BCUT2D eigenvalue weighted by Crippen LogP contribution is 2.30. The molecule has 0 aliphatic heterocycles. The molecule has 0 spiro atoms. The molecule has 0 aromatic heterocycles. The SMILES string of the molecule is Cc1cccc(C#N)c1NCCC1CCCC(C)C1. The van der Waals surface area contributed by atoms with Crippen molar-refractivity contribution in [1.82, 2.24) is 0 Å². The van der Waals surface area contributed by atoms with Gasteiger partial charge in [-0.15, -0.1) is 0 Å². The summed E-state index contributed by atoms with van der Waals surface area (Å²) in [6.45, 7) is 5.41. The molecule has 0 heterocycles. The molecule has 1 fully saturated rings. The molecule has 102 valence electrons. The van der Waals surface area contributed by atoms with Gasteiger partial charge >= 0.3 is 0 Å². The van der Waals surface area contributed by atoms with Crippen molar-refractivity contribution in [1.29, 1.82) is 5.26 Å². The molecular weight excluding hydrogens is 232 g/mol. The van der Waals surface area contributed by atoms with Gasteiger partial charge in [-0.1, -0.05) is 38.3 Å². The van der Waals surface area contributed by atoms with E-state index in [-0.39, 0.29) is 0 Å². The lowest BCUT2D eigenvalue weighted by Gasteiger charge is -2.27. The molecule has 1 aliphatic carbocycles. The molecule has 0 bridgehead atoms. The molecule has 2 unspecified atom stereocenters. The Labute approximate surface area is 116 Å². The van der Waals surface area contributed by atoms with E-state index in [4.69, 9.17) is 5.26 Å². The van der Waals surface area contributed by atoms with Gasteiger partial charge in [0.15, 0.2) is 0 Å². The zero-order chi connectivity index (χ0) is 13.7. The smallest absolute Gasteiger partial charge is 0.101 e. The lowest BCUT2D eigenvalue weighted by molar-refractivity contribution is 0.274. The first-order valence-electron chi connectivity index (χ1n) is 7.44. The molecule has 2 heteroatoms. The van der Waals surface area contributed by atoms with Crippen LogP contribution >= 0.6 is 0 Å². The third-order valence-corrected chi connectivity index (χ3v) is 4.29. The number of aryl methyl sites for hydroxylation is 1. The average Bonchev–Trinajstić information content (AvgIpc) is 2.40. The first-order chi connectivity index (χ1) is 9.20. The second-order valence-corrected chi connectivity index (χ2v) is 5.96. The molecule has 0 radical (unpaired) electrons. The van der Waals surface area contributed by atoms with Gasteiger partial charge in [0.1, 0.15) is 6.07 Å². The van der Waals surface area contributed by atoms with Crippen LogP contribution in [0.25, 0.3) is 0 Å². The van der Waals surface area contributed by atoms with E-state index in [1.54, 1.807) is 0 Å². The fourth-order valence-electron chi connectivity index (χ4n) is 3.22. The largest absolute Gasteiger partial charge is 0.384 e. The summed E-state index contributed by atoms with van der Waals surface area (Å²) >= 11 is 0. The number of hydrogen-bond donors (Lipinski definition) is 1. The van der Waals surface area contributed by atoms with E-state index in [1.165, 1.54) is 32.1 Å². The van der Waals surface area contributed by atoms with Crippen molar-refractivity contribution in [2.45, 2.75) is 46.0 Å². The van der Waals surface area contributed by atoms with Crippen molar-refractivity contribution in [3.8, 4) is 6.07 Å². The van der Waals surface area contributed by atoms with Crippen LogP contribution in [-0.4, -0.2) is 6.54 Å². The minimum atomic E-state index is 0.761. The van der Waals surface area contributed by atoms with Crippen LogP contribution in [0.15, 0.2) is 18.2 Å². The Hall–Kier alpha value is -1.49. The van der Waals surface area contributed by atoms with Gasteiger partial charge in [-0.25, -0.2) is 0 Å². The van der Waals surface area contributed by atoms with Gasteiger partial charge in [0.05, 0.1) is 11.3 Å².